The standard InChI is InChI=1S/C15H23N3O2/c1-12-9-13(5-7-16-12)18-8-4-6-15(20,11-18)10-14(19)17(2)3/h5,7,9,20H,4,6,8,10-11H2,1-3H3. The van der Waals surface area contributed by atoms with Crippen LogP contribution in [0.3, 0.4) is 0 Å². The van der Waals surface area contributed by atoms with Crippen molar-refractivity contribution in [1.29, 1.82) is 0 Å². The predicted molar refractivity (Wildman–Crippen MR) is 78.7 cm³/mol. The lowest BCUT2D eigenvalue weighted by molar-refractivity contribution is -0.134. The first-order chi connectivity index (χ1) is 9.39. The molecule has 0 aliphatic carbocycles. The van der Waals surface area contributed by atoms with Crippen LogP contribution in [0, 0.1) is 6.92 Å². The highest BCUT2D eigenvalue weighted by Gasteiger charge is 2.35. The Morgan fingerprint density at radius 2 is 2.30 bits per heavy atom. The van der Waals surface area contributed by atoms with Crippen molar-refractivity contribution < 1.29 is 9.90 Å². The first-order valence-electron chi connectivity index (χ1n) is 7.00. The van der Waals surface area contributed by atoms with Gasteiger partial charge in [0.25, 0.3) is 0 Å². The van der Waals surface area contributed by atoms with E-state index in [0.717, 1.165) is 24.3 Å². The third-order valence-corrected chi connectivity index (χ3v) is 3.78. The summed E-state index contributed by atoms with van der Waals surface area (Å²) in [6.07, 6.45) is 3.52. The molecule has 2 heterocycles. The van der Waals surface area contributed by atoms with Crippen LogP contribution < -0.4 is 4.90 Å². The van der Waals surface area contributed by atoms with Crippen LogP contribution in [0.1, 0.15) is 25.0 Å². The molecule has 1 unspecified atom stereocenters. The normalized spacial score (nSPS) is 22.7. The van der Waals surface area contributed by atoms with E-state index >= 15 is 0 Å². The molecule has 1 fully saturated rings. The molecule has 1 N–H and O–H groups in total. The summed E-state index contributed by atoms with van der Waals surface area (Å²) in [6, 6.07) is 3.96. The summed E-state index contributed by atoms with van der Waals surface area (Å²) in [6.45, 7) is 3.35. The summed E-state index contributed by atoms with van der Waals surface area (Å²) < 4.78 is 0. The van der Waals surface area contributed by atoms with E-state index in [1.807, 2.05) is 19.1 Å². The monoisotopic (exact) mass is 277 g/mol. The summed E-state index contributed by atoms with van der Waals surface area (Å²) in [5.74, 6) is -0.0275. The van der Waals surface area contributed by atoms with Crippen LogP contribution in [0.4, 0.5) is 5.69 Å². The van der Waals surface area contributed by atoms with Gasteiger partial charge in [-0.25, -0.2) is 0 Å². The molecular formula is C15H23N3O2. The molecule has 0 bridgehead atoms. The lowest BCUT2D eigenvalue weighted by Crippen LogP contribution is -2.50. The van der Waals surface area contributed by atoms with Gasteiger partial charge in [-0.3, -0.25) is 9.78 Å². The molecule has 1 saturated heterocycles. The third kappa shape index (κ3) is 3.48. The maximum absolute atomic E-state index is 11.9. The van der Waals surface area contributed by atoms with Crippen molar-refractivity contribution >= 4 is 11.6 Å². The number of amides is 1. The molecule has 2 rings (SSSR count). The van der Waals surface area contributed by atoms with Crippen LogP contribution >= 0.6 is 0 Å². The molecule has 0 saturated carbocycles. The quantitative estimate of drug-likeness (QED) is 0.902. The van der Waals surface area contributed by atoms with E-state index in [4.69, 9.17) is 0 Å². The number of anilines is 1. The highest BCUT2D eigenvalue weighted by Crippen LogP contribution is 2.28. The van der Waals surface area contributed by atoms with Crippen molar-refractivity contribution in [3.63, 3.8) is 0 Å². The number of aromatic nitrogens is 1. The number of rotatable bonds is 3. The molecule has 0 aromatic carbocycles. The van der Waals surface area contributed by atoms with Gasteiger partial charge < -0.3 is 14.9 Å². The molecule has 20 heavy (non-hydrogen) atoms. The molecule has 0 radical (unpaired) electrons. The Balaban J connectivity index is 2.10. The first kappa shape index (κ1) is 14.8. The van der Waals surface area contributed by atoms with E-state index in [2.05, 4.69) is 9.88 Å². The molecule has 1 aliphatic heterocycles. The van der Waals surface area contributed by atoms with Gasteiger partial charge in [0, 0.05) is 44.8 Å². The average molecular weight is 277 g/mol. The number of aryl methyl sites for hydroxylation is 1. The number of carbonyl (C=O) groups is 1. The number of pyridine rings is 1. The lowest BCUT2D eigenvalue weighted by atomic mass is 9.89. The predicted octanol–water partition coefficient (Wildman–Crippen LogP) is 1.20. The summed E-state index contributed by atoms with van der Waals surface area (Å²) in [4.78, 5) is 19.7. The van der Waals surface area contributed by atoms with E-state index in [1.54, 1.807) is 20.3 Å². The van der Waals surface area contributed by atoms with Gasteiger partial charge in [0.2, 0.25) is 5.91 Å². The molecular weight excluding hydrogens is 254 g/mol. The van der Waals surface area contributed by atoms with E-state index in [0.29, 0.717) is 13.0 Å². The van der Waals surface area contributed by atoms with Gasteiger partial charge in [0.05, 0.1) is 12.0 Å². The molecule has 1 aromatic heterocycles. The number of β-amino-alcohol motifs (C(OH)–C–C–N with tert-alkyl or cyclic N) is 1. The topological polar surface area (TPSA) is 56.7 Å². The Bertz CT molecular complexity index is 490. The van der Waals surface area contributed by atoms with Crippen LogP contribution in [-0.2, 0) is 4.79 Å². The minimum atomic E-state index is -0.934. The van der Waals surface area contributed by atoms with E-state index in [-0.39, 0.29) is 12.3 Å². The fourth-order valence-corrected chi connectivity index (χ4v) is 2.64. The zero-order valence-corrected chi connectivity index (χ0v) is 12.5. The Morgan fingerprint density at radius 1 is 1.55 bits per heavy atom. The lowest BCUT2D eigenvalue weighted by Gasteiger charge is -2.40. The second-order valence-electron chi connectivity index (χ2n) is 5.87. The molecule has 0 spiro atoms. The molecule has 1 amide bonds. The molecule has 1 aliphatic rings. The molecule has 110 valence electrons. The SMILES string of the molecule is Cc1cc(N2CCCC(O)(CC(=O)N(C)C)C2)ccn1. The van der Waals surface area contributed by atoms with E-state index in [1.165, 1.54) is 4.90 Å². The average Bonchev–Trinajstić information content (AvgIpc) is 2.38. The van der Waals surface area contributed by atoms with Crippen molar-refractivity contribution in [3.05, 3.63) is 24.0 Å². The molecule has 5 nitrogen and oxygen atoms in total. The zero-order valence-electron chi connectivity index (χ0n) is 12.5. The number of hydrogen-bond acceptors (Lipinski definition) is 4. The summed E-state index contributed by atoms with van der Waals surface area (Å²) >= 11 is 0. The molecule has 1 aromatic rings. The van der Waals surface area contributed by atoms with Gasteiger partial charge in [-0.15, -0.1) is 0 Å². The van der Waals surface area contributed by atoms with Gasteiger partial charge in [0.15, 0.2) is 0 Å². The smallest absolute Gasteiger partial charge is 0.225 e. The highest BCUT2D eigenvalue weighted by atomic mass is 16.3. The fraction of sp³-hybridized carbons (Fsp3) is 0.600. The third-order valence-electron chi connectivity index (χ3n) is 3.78. The van der Waals surface area contributed by atoms with Crippen LogP contribution in [0.5, 0.6) is 0 Å². The summed E-state index contributed by atoms with van der Waals surface area (Å²) in [5.41, 5.74) is 1.09. The molecule has 1 atom stereocenters. The minimum absolute atomic E-state index is 0.0275. The first-order valence-corrected chi connectivity index (χ1v) is 7.00. The Kier molecular flexibility index (Phi) is 4.28. The van der Waals surface area contributed by atoms with Crippen molar-refractivity contribution in [2.45, 2.75) is 31.8 Å². The Morgan fingerprint density at radius 3 is 2.95 bits per heavy atom. The summed E-state index contributed by atoms with van der Waals surface area (Å²) in [7, 11) is 3.44. The maximum atomic E-state index is 11.9. The van der Waals surface area contributed by atoms with Crippen LogP contribution in [0.2, 0.25) is 0 Å². The van der Waals surface area contributed by atoms with Crippen molar-refractivity contribution in [3.8, 4) is 0 Å². The number of aliphatic hydroxyl groups is 1. The van der Waals surface area contributed by atoms with Gasteiger partial charge >= 0.3 is 0 Å². The van der Waals surface area contributed by atoms with Crippen molar-refractivity contribution in [1.82, 2.24) is 9.88 Å². The zero-order chi connectivity index (χ0) is 14.8. The van der Waals surface area contributed by atoms with Crippen molar-refractivity contribution in [2.24, 2.45) is 0 Å². The number of piperidine rings is 1. The van der Waals surface area contributed by atoms with Crippen molar-refractivity contribution in [2.75, 3.05) is 32.1 Å². The van der Waals surface area contributed by atoms with E-state index < -0.39 is 5.60 Å². The Labute approximate surface area is 120 Å². The van der Waals surface area contributed by atoms with Crippen LogP contribution in [0.15, 0.2) is 18.3 Å². The highest BCUT2D eigenvalue weighted by molar-refractivity contribution is 5.76. The number of carbonyl (C=O) groups excluding carboxylic acids is 1. The number of nitrogens with zero attached hydrogens (tertiary/aromatic N) is 3. The van der Waals surface area contributed by atoms with Gasteiger partial charge in [-0.05, 0) is 31.9 Å². The maximum Gasteiger partial charge on any atom is 0.225 e. The van der Waals surface area contributed by atoms with Gasteiger partial charge in [-0.1, -0.05) is 0 Å². The fourth-order valence-electron chi connectivity index (χ4n) is 2.64. The molecule has 5 heteroatoms. The van der Waals surface area contributed by atoms with E-state index in [9.17, 15) is 9.90 Å². The van der Waals surface area contributed by atoms with Crippen LogP contribution in [-0.4, -0.2) is 53.7 Å². The second kappa shape index (κ2) is 5.79. The van der Waals surface area contributed by atoms with Crippen LogP contribution in [0.25, 0.3) is 0 Å². The van der Waals surface area contributed by atoms with Gasteiger partial charge in [-0.2, -0.15) is 0 Å². The number of hydrogen-bond donors (Lipinski definition) is 1. The summed E-state index contributed by atoms with van der Waals surface area (Å²) in [5, 5.41) is 10.7. The Hall–Kier alpha value is -1.62. The minimum Gasteiger partial charge on any atom is -0.388 e. The largest absolute Gasteiger partial charge is 0.388 e. The second-order valence-corrected chi connectivity index (χ2v) is 5.87. The van der Waals surface area contributed by atoms with Gasteiger partial charge in [0.1, 0.15) is 0 Å².